The first-order valence-electron chi connectivity index (χ1n) is 9.68. The van der Waals surface area contributed by atoms with E-state index in [0.29, 0.717) is 44.5 Å². The lowest BCUT2D eigenvalue weighted by molar-refractivity contribution is -0.900. The van der Waals surface area contributed by atoms with Crippen molar-refractivity contribution < 1.29 is 22.8 Å². The van der Waals surface area contributed by atoms with Crippen molar-refractivity contribution in [3.8, 4) is 0 Å². The maximum Gasteiger partial charge on any atom is 0.279 e. The number of quaternary nitrogens is 1. The van der Waals surface area contributed by atoms with Crippen LogP contribution in [0.3, 0.4) is 0 Å². The highest BCUT2D eigenvalue weighted by Crippen LogP contribution is 2.23. The second-order valence-corrected chi connectivity index (χ2v) is 9.61. The van der Waals surface area contributed by atoms with Crippen LogP contribution in [0.5, 0.6) is 0 Å². The summed E-state index contributed by atoms with van der Waals surface area (Å²) in [5.41, 5.74) is 1.42. The standard InChI is InChI=1S/C19H29N3O4S/c1-15-4-3-7-21(13-15)14-19(23)20-18-12-17(6-5-16(18)2)27(24,25)22-8-10-26-11-9-22/h5-6,12,15H,3-4,7-11,13-14H2,1-2H3,(H,20,23)/p+1/t15-/m1/s1. The molecule has 2 aliphatic heterocycles. The van der Waals surface area contributed by atoms with Crippen molar-refractivity contribution in [1.29, 1.82) is 0 Å². The van der Waals surface area contributed by atoms with E-state index >= 15 is 0 Å². The normalized spacial score (nSPS) is 24.5. The molecule has 2 saturated heterocycles. The summed E-state index contributed by atoms with van der Waals surface area (Å²) in [5.74, 6) is 0.577. The fourth-order valence-electron chi connectivity index (χ4n) is 3.81. The molecule has 3 rings (SSSR count). The number of amides is 1. The van der Waals surface area contributed by atoms with E-state index in [1.807, 2.05) is 6.92 Å². The van der Waals surface area contributed by atoms with E-state index in [9.17, 15) is 13.2 Å². The number of rotatable bonds is 5. The summed E-state index contributed by atoms with van der Waals surface area (Å²) in [6.07, 6.45) is 2.38. The molecule has 1 aromatic rings. The van der Waals surface area contributed by atoms with Gasteiger partial charge in [-0.05, 0) is 37.5 Å². The maximum atomic E-state index is 12.8. The predicted octanol–water partition coefficient (Wildman–Crippen LogP) is 0.269. The molecule has 2 N–H and O–H groups in total. The molecule has 8 heteroatoms. The van der Waals surface area contributed by atoms with Crippen molar-refractivity contribution in [2.45, 2.75) is 31.6 Å². The van der Waals surface area contributed by atoms with Crippen LogP contribution in [0.1, 0.15) is 25.3 Å². The molecular formula is C19H30N3O4S+. The molecule has 0 radical (unpaired) electrons. The Morgan fingerprint density at radius 3 is 2.78 bits per heavy atom. The Balaban J connectivity index is 1.70. The number of ether oxygens (including phenoxy) is 1. The van der Waals surface area contributed by atoms with E-state index in [0.717, 1.165) is 25.1 Å². The summed E-state index contributed by atoms with van der Waals surface area (Å²) in [4.78, 5) is 14.0. The summed E-state index contributed by atoms with van der Waals surface area (Å²) in [7, 11) is -3.57. The van der Waals surface area contributed by atoms with Crippen molar-refractivity contribution >= 4 is 21.6 Å². The molecule has 1 amide bonds. The Kier molecular flexibility index (Phi) is 6.52. The van der Waals surface area contributed by atoms with Crippen molar-refractivity contribution in [3.63, 3.8) is 0 Å². The number of hydrogen-bond donors (Lipinski definition) is 2. The van der Waals surface area contributed by atoms with Crippen LogP contribution in [0.25, 0.3) is 0 Å². The molecule has 0 aromatic heterocycles. The van der Waals surface area contributed by atoms with Gasteiger partial charge in [0.05, 0.1) is 31.2 Å². The van der Waals surface area contributed by atoms with E-state index in [4.69, 9.17) is 4.74 Å². The van der Waals surface area contributed by atoms with Crippen LogP contribution < -0.4 is 10.2 Å². The van der Waals surface area contributed by atoms with Gasteiger partial charge in [0.2, 0.25) is 10.0 Å². The first-order valence-corrected chi connectivity index (χ1v) is 11.1. The molecule has 1 unspecified atom stereocenters. The minimum absolute atomic E-state index is 0.0666. The fraction of sp³-hybridized carbons (Fsp3) is 0.632. The lowest BCUT2D eigenvalue weighted by atomic mass is 10.0. The molecule has 2 fully saturated rings. The highest BCUT2D eigenvalue weighted by Gasteiger charge is 2.27. The number of piperidine rings is 1. The Bertz CT molecular complexity index is 775. The third-order valence-electron chi connectivity index (χ3n) is 5.37. The van der Waals surface area contributed by atoms with Gasteiger partial charge in [0, 0.05) is 24.7 Å². The molecule has 0 aliphatic carbocycles. The number of nitrogens with one attached hydrogen (secondary N) is 2. The van der Waals surface area contributed by atoms with Gasteiger partial charge in [0.1, 0.15) is 0 Å². The van der Waals surface area contributed by atoms with Gasteiger partial charge in [-0.2, -0.15) is 4.31 Å². The number of hydrogen-bond acceptors (Lipinski definition) is 4. The molecule has 0 saturated carbocycles. The van der Waals surface area contributed by atoms with Crippen LogP contribution >= 0.6 is 0 Å². The number of carbonyl (C=O) groups excluding carboxylic acids is 1. The molecule has 2 aliphatic rings. The first-order chi connectivity index (χ1) is 12.9. The fourth-order valence-corrected chi connectivity index (χ4v) is 5.25. The van der Waals surface area contributed by atoms with E-state index in [-0.39, 0.29) is 10.8 Å². The number of nitrogens with zero attached hydrogens (tertiary/aromatic N) is 1. The number of anilines is 1. The largest absolute Gasteiger partial charge is 0.379 e. The van der Waals surface area contributed by atoms with Crippen LogP contribution in [0.4, 0.5) is 5.69 Å². The summed E-state index contributed by atoms with van der Waals surface area (Å²) < 4.78 is 32.4. The zero-order valence-electron chi connectivity index (χ0n) is 16.2. The number of carbonyl (C=O) groups is 1. The van der Waals surface area contributed by atoms with Crippen LogP contribution in [-0.4, -0.2) is 64.6 Å². The highest BCUT2D eigenvalue weighted by atomic mass is 32.2. The lowest BCUT2D eigenvalue weighted by Gasteiger charge is -2.27. The van der Waals surface area contributed by atoms with Gasteiger partial charge in [-0.3, -0.25) is 4.79 Å². The Morgan fingerprint density at radius 1 is 1.33 bits per heavy atom. The van der Waals surface area contributed by atoms with Gasteiger partial charge in [-0.25, -0.2) is 8.42 Å². The van der Waals surface area contributed by atoms with Crippen LogP contribution in [0.2, 0.25) is 0 Å². The number of sulfonamides is 1. The van der Waals surface area contributed by atoms with E-state index in [2.05, 4.69) is 12.2 Å². The molecule has 2 heterocycles. The molecule has 7 nitrogen and oxygen atoms in total. The molecule has 0 spiro atoms. The zero-order chi connectivity index (χ0) is 19.4. The molecule has 1 aromatic carbocycles. The van der Waals surface area contributed by atoms with Crippen molar-refractivity contribution in [2.24, 2.45) is 5.92 Å². The number of morpholine rings is 1. The van der Waals surface area contributed by atoms with Gasteiger partial charge in [-0.1, -0.05) is 13.0 Å². The topological polar surface area (TPSA) is 80.2 Å². The van der Waals surface area contributed by atoms with Crippen LogP contribution in [-0.2, 0) is 19.6 Å². The number of aryl methyl sites for hydroxylation is 1. The molecule has 150 valence electrons. The quantitative estimate of drug-likeness (QED) is 0.749. The SMILES string of the molecule is Cc1ccc(S(=O)(=O)N2CCOCC2)cc1NC(=O)C[NH+]1CCC[C@@H](C)C1. The van der Waals surface area contributed by atoms with Gasteiger partial charge >= 0.3 is 0 Å². The summed E-state index contributed by atoms with van der Waals surface area (Å²) in [6, 6.07) is 4.93. The molecule has 27 heavy (non-hydrogen) atoms. The second-order valence-electron chi connectivity index (χ2n) is 7.67. The van der Waals surface area contributed by atoms with Crippen molar-refractivity contribution in [1.82, 2.24) is 4.31 Å². The van der Waals surface area contributed by atoms with E-state index in [1.54, 1.807) is 18.2 Å². The van der Waals surface area contributed by atoms with E-state index < -0.39 is 10.0 Å². The van der Waals surface area contributed by atoms with E-state index in [1.165, 1.54) is 15.6 Å². The van der Waals surface area contributed by atoms with Crippen LogP contribution in [0.15, 0.2) is 23.1 Å². The summed E-state index contributed by atoms with van der Waals surface area (Å²) in [6.45, 7) is 8.07. The van der Waals surface area contributed by atoms with Crippen LogP contribution in [0, 0.1) is 12.8 Å². The van der Waals surface area contributed by atoms with Gasteiger partial charge in [0.15, 0.2) is 6.54 Å². The number of benzene rings is 1. The Labute approximate surface area is 161 Å². The minimum atomic E-state index is -3.57. The maximum absolute atomic E-state index is 12.8. The summed E-state index contributed by atoms with van der Waals surface area (Å²) >= 11 is 0. The zero-order valence-corrected chi connectivity index (χ0v) is 17.0. The Hall–Kier alpha value is -1.48. The highest BCUT2D eigenvalue weighted by molar-refractivity contribution is 7.89. The van der Waals surface area contributed by atoms with Crippen molar-refractivity contribution in [3.05, 3.63) is 23.8 Å². The molecule has 2 atom stereocenters. The third-order valence-corrected chi connectivity index (χ3v) is 7.26. The van der Waals surface area contributed by atoms with Crippen molar-refractivity contribution in [2.75, 3.05) is 51.3 Å². The summed E-state index contributed by atoms with van der Waals surface area (Å²) in [5, 5.41) is 2.92. The van der Waals surface area contributed by atoms with Gasteiger partial charge in [0.25, 0.3) is 5.91 Å². The first kappa shape index (κ1) is 20.3. The molecular weight excluding hydrogens is 366 g/mol. The second kappa shape index (κ2) is 8.68. The smallest absolute Gasteiger partial charge is 0.279 e. The molecule has 0 bridgehead atoms. The predicted molar refractivity (Wildman–Crippen MR) is 103 cm³/mol. The monoisotopic (exact) mass is 396 g/mol. The number of likely N-dealkylation sites (tertiary alicyclic amines) is 1. The average molecular weight is 397 g/mol. The average Bonchev–Trinajstić information content (AvgIpc) is 2.64. The van der Waals surface area contributed by atoms with Gasteiger partial charge < -0.3 is 15.0 Å². The Morgan fingerprint density at radius 2 is 2.07 bits per heavy atom. The third kappa shape index (κ3) is 5.07. The van der Waals surface area contributed by atoms with Gasteiger partial charge in [-0.15, -0.1) is 0 Å². The lowest BCUT2D eigenvalue weighted by Crippen LogP contribution is -3.14. The minimum Gasteiger partial charge on any atom is -0.379 e.